The van der Waals surface area contributed by atoms with Crippen LogP contribution in [0.5, 0.6) is 0 Å². The lowest BCUT2D eigenvalue weighted by atomic mass is 9.97. The second-order valence-corrected chi connectivity index (χ2v) is 16.3. The minimum atomic E-state index is 0.549. The average Bonchev–Trinajstić information content (AvgIpc) is 3.79. The van der Waals surface area contributed by atoms with E-state index in [0.717, 1.165) is 61.3 Å². The molecule has 6 heteroatoms. The summed E-state index contributed by atoms with van der Waals surface area (Å²) in [6.45, 7) is 17.2. The van der Waals surface area contributed by atoms with E-state index in [1.54, 1.807) is 0 Å². The fraction of sp³-hybridized carbons (Fsp3) is 0.0714. The Morgan fingerprint density at radius 2 is 0.823 bits per heavy atom. The smallest absolute Gasteiger partial charge is 0.195 e. The predicted molar refractivity (Wildman–Crippen MR) is 255 cm³/mol. The van der Waals surface area contributed by atoms with Gasteiger partial charge in [-0.1, -0.05) is 113 Å². The van der Waals surface area contributed by atoms with Crippen molar-refractivity contribution in [3.05, 3.63) is 204 Å². The van der Waals surface area contributed by atoms with Crippen LogP contribution in [-0.2, 0) is 0 Å². The van der Waals surface area contributed by atoms with Crippen molar-refractivity contribution in [1.29, 1.82) is 0 Å². The van der Waals surface area contributed by atoms with Crippen LogP contribution < -0.4 is 0 Å². The SMILES string of the molecule is [C-]#[N+]c1ccc(-n2c3ccc(C)cc3c3cc(C)ccc32)cc1-c1cc(-c2nc(-c3ccccc3)nc(-c3ccccc3)n2)ccc1-n1c2ccc(C)cc2c2cc(C)ccc21. The van der Waals surface area contributed by atoms with E-state index in [2.05, 4.69) is 145 Å². The predicted octanol–water partition coefficient (Wildman–Crippen LogP) is 14.5. The van der Waals surface area contributed by atoms with Gasteiger partial charge in [0.25, 0.3) is 0 Å². The van der Waals surface area contributed by atoms with Crippen LogP contribution >= 0.6 is 0 Å². The summed E-state index contributed by atoms with van der Waals surface area (Å²) in [4.78, 5) is 19.4. The number of aromatic nitrogens is 5. The van der Waals surface area contributed by atoms with Crippen molar-refractivity contribution < 1.29 is 0 Å². The average molecular weight is 797 g/mol. The molecule has 0 N–H and O–H groups in total. The fourth-order valence-electron chi connectivity index (χ4n) is 9.04. The fourth-order valence-corrected chi connectivity index (χ4v) is 9.04. The lowest BCUT2D eigenvalue weighted by molar-refractivity contribution is 1.07. The number of hydrogen-bond acceptors (Lipinski definition) is 3. The molecule has 0 radical (unpaired) electrons. The Hall–Kier alpha value is -8.14. The number of nitrogens with zero attached hydrogens (tertiary/aromatic N) is 6. The molecule has 0 saturated carbocycles. The van der Waals surface area contributed by atoms with Gasteiger partial charge in [0.05, 0.1) is 34.3 Å². The number of rotatable bonds is 6. The van der Waals surface area contributed by atoms with Crippen LogP contribution in [0.25, 0.3) is 105 Å². The Morgan fingerprint density at radius 3 is 1.27 bits per heavy atom. The highest BCUT2D eigenvalue weighted by atomic mass is 15.0. The Morgan fingerprint density at radius 1 is 0.387 bits per heavy atom. The second kappa shape index (κ2) is 14.5. The molecule has 6 nitrogen and oxygen atoms in total. The Bertz CT molecular complexity index is 3450. The molecular weight excluding hydrogens is 757 g/mol. The number of benzene rings is 8. The molecule has 0 aliphatic heterocycles. The summed E-state index contributed by atoms with van der Waals surface area (Å²) in [5.41, 5.74) is 16.1. The van der Waals surface area contributed by atoms with E-state index in [-0.39, 0.29) is 0 Å². The molecule has 11 aromatic rings. The summed E-state index contributed by atoms with van der Waals surface area (Å²) in [5, 5.41) is 4.78. The normalized spacial score (nSPS) is 11.5. The van der Waals surface area contributed by atoms with Gasteiger partial charge < -0.3 is 9.13 Å². The monoisotopic (exact) mass is 796 g/mol. The molecule has 0 amide bonds. The van der Waals surface area contributed by atoms with E-state index >= 15 is 0 Å². The summed E-state index contributed by atoms with van der Waals surface area (Å²) < 4.78 is 4.69. The first-order valence-electron chi connectivity index (χ1n) is 20.9. The van der Waals surface area contributed by atoms with Gasteiger partial charge in [-0.2, -0.15) is 0 Å². The van der Waals surface area contributed by atoms with Crippen LogP contribution in [0.2, 0.25) is 0 Å². The highest BCUT2D eigenvalue weighted by molar-refractivity contribution is 6.11. The van der Waals surface area contributed by atoms with Gasteiger partial charge in [-0.3, -0.25) is 0 Å². The maximum atomic E-state index is 8.59. The molecular formula is C56H40N6. The van der Waals surface area contributed by atoms with Crippen molar-refractivity contribution >= 4 is 49.3 Å². The van der Waals surface area contributed by atoms with E-state index in [0.29, 0.717) is 23.2 Å². The van der Waals surface area contributed by atoms with Crippen molar-refractivity contribution in [2.45, 2.75) is 27.7 Å². The van der Waals surface area contributed by atoms with Gasteiger partial charge in [0.15, 0.2) is 23.2 Å². The van der Waals surface area contributed by atoms with Crippen LogP contribution in [0.4, 0.5) is 5.69 Å². The molecule has 0 spiro atoms. The molecule has 0 saturated heterocycles. The lowest BCUT2D eigenvalue weighted by Gasteiger charge is -2.18. The third-order valence-corrected chi connectivity index (χ3v) is 12.0. The molecule has 11 rings (SSSR count). The van der Waals surface area contributed by atoms with E-state index < -0.39 is 0 Å². The molecule has 62 heavy (non-hydrogen) atoms. The van der Waals surface area contributed by atoms with E-state index in [1.165, 1.54) is 43.8 Å². The van der Waals surface area contributed by atoms with Crippen LogP contribution in [0.1, 0.15) is 22.3 Å². The largest absolute Gasteiger partial charge is 0.309 e. The molecule has 3 aromatic heterocycles. The third-order valence-electron chi connectivity index (χ3n) is 12.0. The van der Waals surface area contributed by atoms with Crippen LogP contribution in [0.15, 0.2) is 170 Å². The van der Waals surface area contributed by atoms with Gasteiger partial charge in [-0.25, -0.2) is 19.8 Å². The van der Waals surface area contributed by atoms with Gasteiger partial charge in [0, 0.05) is 43.9 Å². The van der Waals surface area contributed by atoms with Gasteiger partial charge in [-0.15, -0.1) is 0 Å². The first-order chi connectivity index (χ1) is 30.3. The quantitative estimate of drug-likeness (QED) is 0.158. The topological polar surface area (TPSA) is 52.9 Å². The zero-order valence-electron chi connectivity index (χ0n) is 34.8. The molecule has 0 atom stereocenters. The molecule has 0 fully saturated rings. The summed E-state index contributed by atoms with van der Waals surface area (Å²) in [6.07, 6.45) is 0. The first-order valence-corrected chi connectivity index (χ1v) is 20.9. The summed E-state index contributed by atoms with van der Waals surface area (Å²) in [5.74, 6) is 1.73. The lowest BCUT2D eigenvalue weighted by Crippen LogP contribution is -2.02. The van der Waals surface area contributed by atoms with Gasteiger partial charge in [0.1, 0.15) is 0 Å². The van der Waals surface area contributed by atoms with Crippen molar-refractivity contribution in [2.75, 3.05) is 0 Å². The Labute approximate surface area is 359 Å². The molecule has 0 aliphatic carbocycles. The zero-order chi connectivity index (χ0) is 42.1. The standard InChI is InChI=1S/C56H40N6/c1-34-16-23-49-43(28-34)44-29-35(2)17-24-50(44)61(49)41-21-22-48(57-5)42(33-41)47-32-40(56-59-54(38-12-8-6-9-13-38)58-55(60-56)39-14-10-7-11-15-39)20-27-53(47)62-51-25-18-36(3)30-45(51)46-31-37(4)19-26-52(46)62/h6-33H,1-4H3. The summed E-state index contributed by atoms with van der Waals surface area (Å²) in [7, 11) is 0. The number of fused-ring (bicyclic) bond motifs is 6. The minimum Gasteiger partial charge on any atom is -0.309 e. The number of aryl methyl sites for hydroxylation is 4. The van der Waals surface area contributed by atoms with Crippen LogP contribution in [0.3, 0.4) is 0 Å². The van der Waals surface area contributed by atoms with E-state index in [1.807, 2.05) is 66.7 Å². The van der Waals surface area contributed by atoms with Gasteiger partial charge in [0.2, 0.25) is 0 Å². The highest BCUT2D eigenvalue weighted by Gasteiger charge is 2.22. The van der Waals surface area contributed by atoms with Crippen molar-refractivity contribution in [3.8, 4) is 56.7 Å². The van der Waals surface area contributed by atoms with Gasteiger partial charge in [-0.05, 0) is 118 Å². The van der Waals surface area contributed by atoms with Crippen molar-refractivity contribution in [2.24, 2.45) is 0 Å². The zero-order valence-corrected chi connectivity index (χ0v) is 34.8. The molecule has 294 valence electrons. The van der Waals surface area contributed by atoms with E-state index in [4.69, 9.17) is 21.5 Å². The molecule has 0 aliphatic rings. The van der Waals surface area contributed by atoms with Crippen molar-refractivity contribution in [3.63, 3.8) is 0 Å². The Kier molecular flexibility index (Phi) is 8.66. The van der Waals surface area contributed by atoms with Crippen LogP contribution in [0, 0.1) is 34.3 Å². The van der Waals surface area contributed by atoms with Gasteiger partial charge >= 0.3 is 0 Å². The van der Waals surface area contributed by atoms with E-state index in [9.17, 15) is 0 Å². The molecule has 3 heterocycles. The second-order valence-electron chi connectivity index (χ2n) is 16.3. The van der Waals surface area contributed by atoms with Crippen molar-refractivity contribution in [1.82, 2.24) is 24.1 Å². The molecule has 0 unspecified atom stereocenters. The summed E-state index contributed by atoms with van der Waals surface area (Å²) >= 11 is 0. The Balaban J connectivity index is 1.22. The first kappa shape index (κ1) is 36.9. The summed E-state index contributed by atoms with van der Waals surface area (Å²) in [6, 6.07) is 59.5. The van der Waals surface area contributed by atoms with Crippen LogP contribution in [-0.4, -0.2) is 24.1 Å². The third kappa shape index (κ3) is 6.14. The minimum absolute atomic E-state index is 0.549. The molecule has 0 bridgehead atoms. The molecule has 8 aromatic carbocycles. The maximum absolute atomic E-state index is 8.59. The highest BCUT2D eigenvalue weighted by Crippen LogP contribution is 2.43. The number of hydrogen-bond donors (Lipinski definition) is 0. The maximum Gasteiger partial charge on any atom is 0.195 e.